The molecular weight excluding hydrogens is 932 g/mol. The number of carbonyl (C=O) groups excluding carboxylic acids is 1. The monoisotopic (exact) mass is 974 g/mol. The molecule has 3 fully saturated rings. The van der Waals surface area contributed by atoms with Crippen LogP contribution in [-0.2, 0) is 42.9 Å². The van der Waals surface area contributed by atoms with E-state index < -0.39 is 127 Å². The number of aliphatic carboxylic acids is 3. The van der Waals surface area contributed by atoms with Gasteiger partial charge in [-0.05, 0) is 48.0 Å². The zero-order valence-electron chi connectivity index (χ0n) is 35.2. The lowest BCUT2D eigenvalue weighted by atomic mass is 9.96. The maximum absolute atomic E-state index is 13.2. The SMILES string of the molecule is COc1cc(C=CC(=O)O[C@H]2[C@H](O[C@H]3[C@H](Oc4ccc(-c5cc(=O)c6c(O)cc(O[C@@H]7O[C@H](C(=O)O)[C@@H](O)[C@H](O)[C@H]7O)cc6o5)cc4)O[C@H](C(=O)O)[C@@H](O)[C@@H]3O)O[C@H](C(=O)O)[C@@H](O)[C@@H]2O)ccc1O. The summed E-state index contributed by atoms with van der Waals surface area (Å²) in [6.07, 6.45) is -29.6. The van der Waals surface area contributed by atoms with Crippen LogP contribution in [0.4, 0.5) is 0 Å². The van der Waals surface area contributed by atoms with E-state index in [1.165, 1.54) is 55.7 Å². The highest BCUT2D eigenvalue weighted by atomic mass is 16.8. The van der Waals surface area contributed by atoms with Crippen molar-refractivity contribution < 1.29 is 123 Å². The molecule has 1 aromatic heterocycles. The molecule has 0 unspecified atom stereocenters. The van der Waals surface area contributed by atoms with Gasteiger partial charge in [0, 0.05) is 29.8 Å². The molecule has 3 aliphatic rings. The first-order valence-electron chi connectivity index (χ1n) is 20.2. The molecule has 0 saturated carbocycles. The van der Waals surface area contributed by atoms with Gasteiger partial charge < -0.3 is 104 Å². The fourth-order valence-electron chi connectivity index (χ4n) is 7.42. The second kappa shape index (κ2) is 20.3. The van der Waals surface area contributed by atoms with Gasteiger partial charge in [0.2, 0.25) is 12.6 Å². The second-order valence-electron chi connectivity index (χ2n) is 15.5. The van der Waals surface area contributed by atoms with Gasteiger partial charge in [0.15, 0.2) is 53.7 Å². The van der Waals surface area contributed by atoms with Crippen molar-refractivity contribution in [3.63, 3.8) is 0 Å². The van der Waals surface area contributed by atoms with Crippen LogP contribution in [-0.4, -0.2) is 184 Å². The van der Waals surface area contributed by atoms with E-state index in [9.17, 15) is 85.3 Å². The number of carboxylic acids is 3. The van der Waals surface area contributed by atoms with E-state index in [-0.39, 0.29) is 45.3 Å². The van der Waals surface area contributed by atoms with Gasteiger partial charge in [0.25, 0.3) is 0 Å². The van der Waals surface area contributed by atoms with E-state index in [0.717, 1.165) is 24.3 Å². The number of hydrogen-bond donors (Lipinski definition) is 12. The quantitative estimate of drug-likeness (QED) is 0.0463. The molecule has 4 heterocycles. The lowest BCUT2D eigenvalue weighted by Crippen LogP contribution is -2.66. The summed E-state index contributed by atoms with van der Waals surface area (Å²) in [5, 5.41) is 123. The Morgan fingerprint density at radius 1 is 0.594 bits per heavy atom. The molecule has 3 saturated heterocycles. The summed E-state index contributed by atoms with van der Waals surface area (Å²) in [6.45, 7) is 0. The molecule has 3 aromatic carbocycles. The van der Waals surface area contributed by atoms with Crippen LogP contribution in [0, 0.1) is 0 Å². The first-order valence-corrected chi connectivity index (χ1v) is 20.2. The standard InChI is InChI=1S/C43H42O26/c1-61-22-10-14(2-8-18(22)44)3-9-24(47)65-36-30(52)28(50)35(40(59)60)68-43(36)69-37-31(53)29(51)34(39(57)58)67-42(37)62-16-6-4-15(5-7-16)21-13-20(46)25-19(45)11-17(12-23(25)64-21)63-41-32(54)26(48)27(49)33(66-41)38(55)56/h2-13,26-37,41-45,48-54H,1H3,(H,55,56)(H,57,58)(H,59,60)/t26-,27-,28-,29-,30-,31-,32+,33-,34-,35-,36+,37+,41+,42+,43-/m0/s1. The average molecular weight is 975 g/mol. The van der Waals surface area contributed by atoms with Crippen molar-refractivity contribution in [3.05, 3.63) is 82.5 Å². The maximum atomic E-state index is 13.2. The molecule has 370 valence electrons. The first kappa shape index (κ1) is 49.9. The van der Waals surface area contributed by atoms with E-state index in [2.05, 4.69) is 0 Å². The Bertz CT molecular complexity index is 2650. The fraction of sp³-hybridized carbons (Fsp3) is 0.372. The number of methoxy groups -OCH3 is 1. The number of aliphatic hydroxyl groups is 7. The molecule has 0 amide bonds. The minimum absolute atomic E-state index is 0.0513. The van der Waals surface area contributed by atoms with Crippen LogP contribution in [0.5, 0.6) is 28.7 Å². The molecule has 26 heteroatoms. The molecule has 3 aliphatic heterocycles. The van der Waals surface area contributed by atoms with E-state index in [4.69, 9.17) is 42.3 Å². The van der Waals surface area contributed by atoms with E-state index in [1.54, 1.807) is 0 Å². The van der Waals surface area contributed by atoms with Crippen molar-refractivity contribution in [1.82, 2.24) is 0 Å². The summed E-state index contributed by atoms with van der Waals surface area (Å²) in [5.41, 5.74) is -0.606. The molecule has 0 radical (unpaired) electrons. The van der Waals surface area contributed by atoms with Crippen LogP contribution < -0.4 is 19.6 Å². The summed E-state index contributed by atoms with van der Waals surface area (Å²) in [4.78, 5) is 61.9. The van der Waals surface area contributed by atoms with Crippen LogP contribution in [0.3, 0.4) is 0 Å². The highest BCUT2D eigenvalue weighted by Crippen LogP contribution is 2.36. The van der Waals surface area contributed by atoms with Crippen molar-refractivity contribution in [3.8, 4) is 40.1 Å². The minimum atomic E-state index is -2.25. The molecule has 12 N–H and O–H groups in total. The van der Waals surface area contributed by atoms with Gasteiger partial charge >= 0.3 is 23.9 Å². The number of carbonyl (C=O) groups is 4. The van der Waals surface area contributed by atoms with Crippen molar-refractivity contribution >= 4 is 40.9 Å². The molecule has 15 atom stereocenters. The number of phenolic OH excluding ortho intramolecular Hbond substituents is 2. The van der Waals surface area contributed by atoms with Crippen LogP contribution in [0.15, 0.2) is 76.0 Å². The number of ether oxygens (including phenoxy) is 8. The van der Waals surface area contributed by atoms with Crippen molar-refractivity contribution in [2.75, 3.05) is 7.11 Å². The van der Waals surface area contributed by atoms with Gasteiger partial charge in [0.05, 0.1) is 7.11 Å². The Hall–Kier alpha value is -6.95. The number of carboxylic acid groups (broad SMARTS) is 3. The number of benzene rings is 3. The highest BCUT2D eigenvalue weighted by molar-refractivity contribution is 5.88. The zero-order valence-corrected chi connectivity index (χ0v) is 35.2. The van der Waals surface area contributed by atoms with E-state index in [1.807, 2.05) is 0 Å². The van der Waals surface area contributed by atoms with Gasteiger partial charge in [-0.25, -0.2) is 19.2 Å². The third-order valence-corrected chi connectivity index (χ3v) is 11.0. The summed E-state index contributed by atoms with van der Waals surface area (Å²) >= 11 is 0. The lowest BCUT2D eigenvalue weighted by Gasteiger charge is -2.45. The van der Waals surface area contributed by atoms with Crippen molar-refractivity contribution in [2.45, 2.75) is 92.1 Å². The number of esters is 1. The van der Waals surface area contributed by atoms with Crippen molar-refractivity contribution in [1.29, 1.82) is 0 Å². The Balaban J connectivity index is 1.13. The predicted molar refractivity (Wildman–Crippen MR) is 220 cm³/mol. The lowest BCUT2D eigenvalue weighted by molar-refractivity contribution is -0.350. The number of hydrogen-bond acceptors (Lipinski definition) is 23. The van der Waals surface area contributed by atoms with E-state index >= 15 is 0 Å². The summed E-state index contributed by atoms with van der Waals surface area (Å²) < 4.78 is 49.3. The number of fused-ring (bicyclic) bond motifs is 1. The number of rotatable bonds is 14. The zero-order chi connectivity index (χ0) is 50.2. The van der Waals surface area contributed by atoms with Gasteiger partial charge in [-0.3, -0.25) is 4.79 Å². The highest BCUT2D eigenvalue weighted by Gasteiger charge is 2.55. The van der Waals surface area contributed by atoms with Gasteiger partial charge in [-0.15, -0.1) is 0 Å². The smallest absolute Gasteiger partial charge is 0.335 e. The molecule has 0 aliphatic carbocycles. The van der Waals surface area contributed by atoms with Crippen LogP contribution in [0.1, 0.15) is 5.56 Å². The third kappa shape index (κ3) is 10.4. The molecule has 7 rings (SSSR count). The van der Waals surface area contributed by atoms with Crippen LogP contribution in [0.2, 0.25) is 0 Å². The number of aliphatic hydroxyl groups excluding tert-OH is 7. The molecule has 26 nitrogen and oxygen atoms in total. The second-order valence-corrected chi connectivity index (χ2v) is 15.5. The Labute approximate surface area is 385 Å². The third-order valence-electron chi connectivity index (χ3n) is 11.0. The largest absolute Gasteiger partial charge is 0.507 e. The topological polar surface area (TPSA) is 415 Å². The first-order chi connectivity index (χ1) is 32.7. The summed E-state index contributed by atoms with van der Waals surface area (Å²) in [5.74, 6) is -8.00. The van der Waals surface area contributed by atoms with Crippen LogP contribution in [0.25, 0.3) is 28.4 Å². The summed E-state index contributed by atoms with van der Waals surface area (Å²) in [7, 11) is 1.28. The normalized spacial score (nSPS) is 31.4. The van der Waals surface area contributed by atoms with Gasteiger partial charge in [-0.1, -0.05) is 6.07 Å². The van der Waals surface area contributed by atoms with Gasteiger partial charge in [-0.2, -0.15) is 0 Å². The number of phenols is 2. The Morgan fingerprint density at radius 3 is 1.77 bits per heavy atom. The Morgan fingerprint density at radius 2 is 1.16 bits per heavy atom. The molecule has 0 bridgehead atoms. The number of aromatic hydroxyl groups is 2. The predicted octanol–water partition coefficient (Wildman–Crippen LogP) is -2.40. The minimum Gasteiger partial charge on any atom is -0.507 e. The summed E-state index contributed by atoms with van der Waals surface area (Å²) in [6, 6.07) is 12.1. The average Bonchev–Trinajstić information content (AvgIpc) is 3.30. The molecular formula is C43H42O26. The van der Waals surface area contributed by atoms with E-state index in [0.29, 0.717) is 5.56 Å². The molecule has 69 heavy (non-hydrogen) atoms. The van der Waals surface area contributed by atoms with Crippen molar-refractivity contribution in [2.24, 2.45) is 0 Å². The fourth-order valence-corrected chi connectivity index (χ4v) is 7.42. The molecule has 4 aromatic rings. The Kier molecular flexibility index (Phi) is 14.7. The van der Waals surface area contributed by atoms with Crippen LogP contribution >= 0.6 is 0 Å². The maximum Gasteiger partial charge on any atom is 0.335 e. The van der Waals surface area contributed by atoms with Gasteiger partial charge in [0.1, 0.15) is 76.7 Å². The molecule has 0 spiro atoms.